The smallest absolute Gasteiger partial charge is 0.161 e. The van der Waals surface area contributed by atoms with Crippen molar-refractivity contribution in [2.75, 3.05) is 7.11 Å². The first kappa shape index (κ1) is 14.8. The molecule has 0 radical (unpaired) electrons. The zero-order valence-corrected chi connectivity index (χ0v) is 12.0. The minimum absolute atomic E-state index is 0.0295. The van der Waals surface area contributed by atoms with Crippen molar-refractivity contribution in [3.05, 3.63) is 23.8 Å². The van der Waals surface area contributed by atoms with E-state index in [0.717, 1.165) is 5.56 Å². The van der Waals surface area contributed by atoms with E-state index in [0.29, 0.717) is 17.9 Å². The summed E-state index contributed by atoms with van der Waals surface area (Å²) in [6, 6.07) is 5.60. The number of methoxy groups -OCH3 is 1. The molecule has 4 heteroatoms. The van der Waals surface area contributed by atoms with Gasteiger partial charge in [-0.3, -0.25) is 4.79 Å². The Morgan fingerprint density at radius 2 is 2.00 bits per heavy atom. The van der Waals surface area contributed by atoms with Gasteiger partial charge in [0.25, 0.3) is 0 Å². The van der Waals surface area contributed by atoms with E-state index in [1.807, 2.05) is 32.0 Å². The van der Waals surface area contributed by atoms with Crippen molar-refractivity contribution in [1.82, 2.24) is 0 Å². The number of halogens is 1. The molecule has 18 heavy (non-hydrogen) atoms. The lowest BCUT2D eigenvalue weighted by atomic mass is 10.1. The third kappa shape index (κ3) is 4.22. The summed E-state index contributed by atoms with van der Waals surface area (Å²) < 4.78 is 10.9. The molecule has 1 rings (SSSR count). The molecule has 0 fully saturated rings. The summed E-state index contributed by atoms with van der Waals surface area (Å²) in [6.07, 6.45) is 0.581. The quantitative estimate of drug-likeness (QED) is 0.745. The monoisotopic (exact) mass is 270 g/mol. The normalized spacial score (nSPS) is 12.3. The van der Waals surface area contributed by atoms with Crippen molar-refractivity contribution in [3.63, 3.8) is 0 Å². The number of rotatable bonds is 6. The Hall–Kier alpha value is -1.22. The number of ketones is 1. The fraction of sp³-hybridized carbons (Fsp3) is 0.500. The van der Waals surface area contributed by atoms with Gasteiger partial charge in [0.1, 0.15) is 5.78 Å². The van der Waals surface area contributed by atoms with E-state index < -0.39 is 5.38 Å². The van der Waals surface area contributed by atoms with Crippen LogP contribution >= 0.6 is 11.6 Å². The second-order valence-electron chi connectivity index (χ2n) is 4.43. The van der Waals surface area contributed by atoms with Crippen LogP contribution in [0.1, 0.15) is 26.3 Å². The van der Waals surface area contributed by atoms with Crippen LogP contribution < -0.4 is 9.47 Å². The highest BCUT2D eigenvalue weighted by Gasteiger charge is 2.13. The molecule has 1 aromatic rings. The fourth-order valence-electron chi connectivity index (χ4n) is 1.54. The Balaban J connectivity index is 2.87. The molecular weight excluding hydrogens is 252 g/mol. The van der Waals surface area contributed by atoms with Gasteiger partial charge < -0.3 is 9.47 Å². The zero-order valence-electron chi connectivity index (χ0n) is 11.2. The van der Waals surface area contributed by atoms with Crippen molar-refractivity contribution >= 4 is 17.4 Å². The molecule has 0 aliphatic heterocycles. The first-order valence-corrected chi connectivity index (χ1v) is 6.35. The summed E-state index contributed by atoms with van der Waals surface area (Å²) >= 11 is 5.95. The molecule has 3 nitrogen and oxygen atoms in total. The predicted octanol–water partition coefficient (Wildman–Crippen LogP) is 3.22. The van der Waals surface area contributed by atoms with Gasteiger partial charge in [-0.05, 0) is 44.9 Å². The van der Waals surface area contributed by atoms with Crippen LogP contribution in [0.2, 0.25) is 0 Å². The van der Waals surface area contributed by atoms with Gasteiger partial charge >= 0.3 is 0 Å². The van der Waals surface area contributed by atoms with Crippen LogP contribution in [0.4, 0.5) is 0 Å². The molecule has 0 saturated heterocycles. The number of carbonyl (C=O) groups excluding carboxylic acids is 1. The summed E-state index contributed by atoms with van der Waals surface area (Å²) in [6.45, 7) is 5.40. The molecule has 0 saturated carbocycles. The fourth-order valence-corrected chi connectivity index (χ4v) is 1.72. The number of Topliss-reactive ketones (excluding diaryl/α,β-unsaturated/α-hetero) is 1. The van der Waals surface area contributed by atoms with E-state index in [9.17, 15) is 4.79 Å². The third-order valence-electron chi connectivity index (χ3n) is 2.45. The molecule has 1 unspecified atom stereocenters. The van der Waals surface area contributed by atoms with Crippen molar-refractivity contribution in [2.45, 2.75) is 38.7 Å². The van der Waals surface area contributed by atoms with Gasteiger partial charge in [-0.1, -0.05) is 6.07 Å². The summed E-state index contributed by atoms with van der Waals surface area (Å²) in [5.74, 6) is 1.33. The Kier molecular flexibility index (Phi) is 5.48. The Morgan fingerprint density at radius 3 is 2.50 bits per heavy atom. The molecule has 0 aromatic heterocycles. The highest BCUT2D eigenvalue weighted by atomic mass is 35.5. The molecule has 1 aromatic carbocycles. The standard InChI is InChI=1S/C14H19ClO3/c1-9(2)18-13-6-5-11(8-14(13)17-4)7-12(15)10(3)16/h5-6,8-9,12H,7H2,1-4H3. The Morgan fingerprint density at radius 1 is 1.33 bits per heavy atom. The first-order valence-electron chi connectivity index (χ1n) is 5.92. The molecule has 0 N–H and O–H groups in total. The van der Waals surface area contributed by atoms with Crippen molar-refractivity contribution < 1.29 is 14.3 Å². The summed E-state index contributed by atoms with van der Waals surface area (Å²) in [5.41, 5.74) is 0.957. The molecule has 0 aliphatic rings. The molecule has 0 heterocycles. The molecule has 0 amide bonds. The van der Waals surface area contributed by atoms with Crippen molar-refractivity contribution in [3.8, 4) is 11.5 Å². The van der Waals surface area contributed by atoms with Gasteiger partial charge in [-0.15, -0.1) is 11.6 Å². The van der Waals surface area contributed by atoms with E-state index in [1.54, 1.807) is 7.11 Å². The summed E-state index contributed by atoms with van der Waals surface area (Å²) in [5, 5.41) is -0.494. The molecule has 0 spiro atoms. The lowest BCUT2D eigenvalue weighted by molar-refractivity contribution is -0.116. The maximum atomic E-state index is 11.1. The van der Waals surface area contributed by atoms with E-state index in [2.05, 4.69) is 0 Å². The summed E-state index contributed by atoms with van der Waals surface area (Å²) in [4.78, 5) is 11.1. The highest BCUT2D eigenvalue weighted by Crippen LogP contribution is 2.29. The zero-order chi connectivity index (χ0) is 13.7. The van der Waals surface area contributed by atoms with Gasteiger partial charge in [0.2, 0.25) is 0 Å². The van der Waals surface area contributed by atoms with Crippen molar-refractivity contribution in [1.29, 1.82) is 0 Å². The highest BCUT2D eigenvalue weighted by molar-refractivity contribution is 6.30. The lowest BCUT2D eigenvalue weighted by Crippen LogP contribution is -2.13. The second kappa shape index (κ2) is 6.64. The van der Waals surface area contributed by atoms with Gasteiger partial charge in [0.15, 0.2) is 11.5 Å². The van der Waals surface area contributed by atoms with Gasteiger partial charge in [-0.2, -0.15) is 0 Å². The van der Waals surface area contributed by atoms with Gasteiger partial charge in [0.05, 0.1) is 18.6 Å². The topological polar surface area (TPSA) is 35.5 Å². The van der Waals surface area contributed by atoms with Crippen LogP contribution in [-0.4, -0.2) is 24.4 Å². The molecule has 0 aliphatic carbocycles. The van der Waals surface area contributed by atoms with Gasteiger partial charge in [-0.25, -0.2) is 0 Å². The van der Waals surface area contributed by atoms with Crippen LogP contribution in [0.25, 0.3) is 0 Å². The first-order chi connectivity index (χ1) is 8.43. The molecule has 0 bridgehead atoms. The number of carbonyl (C=O) groups is 1. The predicted molar refractivity (Wildman–Crippen MR) is 72.8 cm³/mol. The lowest BCUT2D eigenvalue weighted by Gasteiger charge is -2.15. The minimum atomic E-state index is -0.494. The Labute approximate surface area is 113 Å². The number of benzene rings is 1. The molecule has 100 valence electrons. The number of hydrogen-bond acceptors (Lipinski definition) is 3. The number of ether oxygens (including phenoxy) is 2. The van der Waals surface area contributed by atoms with Crippen LogP contribution in [0.15, 0.2) is 18.2 Å². The number of hydrogen-bond donors (Lipinski definition) is 0. The number of alkyl halides is 1. The SMILES string of the molecule is COc1cc(CC(Cl)C(C)=O)ccc1OC(C)C. The van der Waals surface area contributed by atoms with E-state index in [4.69, 9.17) is 21.1 Å². The van der Waals surface area contributed by atoms with E-state index >= 15 is 0 Å². The minimum Gasteiger partial charge on any atom is -0.493 e. The maximum absolute atomic E-state index is 11.1. The molecular formula is C14H19ClO3. The average Bonchev–Trinajstić information content (AvgIpc) is 2.30. The summed E-state index contributed by atoms with van der Waals surface area (Å²) in [7, 11) is 1.59. The van der Waals surface area contributed by atoms with Crippen LogP contribution in [0.3, 0.4) is 0 Å². The van der Waals surface area contributed by atoms with Crippen LogP contribution in [0, 0.1) is 0 Å². The van der Waals surface area contributed by atoms with E-state index in [-0.39, 0.29) is 11.9 Å². The molecule has 1 atom stereocenters. The average molecular weight is 271 g/mol. The second-order valence-corrected chi connectivity index (χ2v) is 4.96. The van der Waals surface area contributed by atoms with Gasteiger partial charge in [0, 0.05) is 0 Å². The maximum Gasteiger partial charge on any atom is 0.161 e. The Bertz CT molecular complexity index is 416. The van der Waals surface area contributed by atoms with Crippen LogP contribution in [0.5, 0.6) is 11.5 Å². The van der Waals surface area contributed by atoms with E-state index in [1.165, 1.54) is 6.92 Å². The van der Waals surface area contributed by atoms with Crippen molar-refractivity contribution in [2.24, 2.45) is 0 Å². The largest absolute Gasteiger partial charge is 0.493 e. The van der Waals surface area contributed by atoms with Crippen LogP contribution in [-0.2, 0) is 11.2 Å². The third-order valence-corrected chi connectivity index (χ3v) is 2.91.